The molecule has 34 heavy (non-hydrogen) atoms. The molecule has 186 valence electrons. The molecule has 0 aliphatic carbocycles. The first kappa shape index (κ1) is 26.5. The van der Waals surface area contributed by atoms with Gasteiger partial charge in [-0.15, -0.1) is 13.2 Å². The van der Waals surface area contributed by atoms with Gasteiger partial charge in [0, 0.05) is 6.42 Å². The van der Waals surface area contributed by atoms with E-state index in [4.69, 9.17) is 5.11 Å². The van der Waals surface area contributed by atoms with Crippen molar-refractivity contribution in [3.05, 3.63) is 53.9 Å². The Labute approximate surface area is 188 Å². The number of hydrogen-bond acceptors (Lipinski definition) is 5. The molecule has 3 N–H and O–H groups in total. The summed E-state index contributed by atoms with van der Waals surface area (Å²) in [5.41, 5.74) is 0.133. The van der Waals surface area contributed by atoms with E-state index in [9.17, 15) is 35.9 Å². The number of rotatable bonds is 9. The van der Waals surface area contributed by atoms with Crippen LogP contribution in [0.15, 0.2) is 42.6 Å². The fraction of sp³-hybridized carbons (Fsp3) is 0.350. The van der Waals surface area contributed by atoms with Gasteiger partial charge in [0.2, 0.25) is 5.91 Å². The third-order valence-electron chi connectivity index (χ3n) is 4.20. The smallest absolute Gasteiger partial charge is 0.483 e. The molecular weight excluding hydrogens is 476 g/mol. The third kappa shape index (κ3) is 9.03. The number of carbonyl (C=O) groups is 2. The molecule has 2 atom stereocenters. The van der Waals surface area contributed by atoms with Crippen LogP contribution in [0.5, 0.6) is 11.5 Å². The zero-order valence-electron chi connectivity index (χ0n) is 17.4. The van der Waals surface area contributed by atoms with Gasteiger partial charge in [-0.2, -0.15) is 13.2 Å². The van der Waals surface area contributed by atoms with Crippen molar-refractivity contribution in [3.63, 3.8) is 0 Å². The Morgan fingerprint density at radius 3 is 2.29 bits per heavy atom. The van der Waals surface area contributed by atoms with Crippen molar-refractivity contribution >= 4 is 12.0 Å². The number of nitrogens with one attached hydrogen (secondary N) is 2. The van der Waals surface area contributed by atoms with Gasteiger partial charge in [0.15, 0.2) is 6.61 Å². The second-order valence-corrected chi connectivity index (χ2v) is 6.91. The number of benzene rings is 1. The first-order chi connectivity index (χ1) is 15.7. The number of hydrogen-bond donors (Lipinski definition) is 3. The number of para-hydroxylation sites is 1. The fourth-order valence-corrected chi connectivity index (χ4v) is 2.76. The minimum atomic E-state index is -5.00. The van der Waals surface area contributed by atoms with Gasteiger partial charge in [-0.1, -0.05) is 18.2 Å². The van der Waals surface area contributed by atoms with E-state index in [1.54, 1.807) is 0 Å². The number of halogens is 6. The maximum absolute atomic E-state index is 12.7. The lowest BCUT2D eigenvalue weighted by Gasteiger charge is -2.21. The van der Waals surface area contributed by atoms with E-state index in [1.165, 1.54) is 37.3 Å². The van der Waals surface area contributed by atoms with Crippen molar-refractivity contribution in [1.29, 1.82) is 0 Å². The Kier molecular flexibility index (Phi) is 8.54. The fourth-order valence-electron chi connectivity index (χ4n) is 2.76. The standard InChI is InChI=1S/C20H19F6N3O5/c1-11(14-7-6-13(9-27-14)33-10-19(21,22)23)28-17(30)15(29-18(31)32)8-12-4-2-3-5-16(12)34-20(24,25)26/h2-7,9,11,15,29H,8,10H2,1H3,(H,28,30)(H,31,32)/t11-,15?/m1/s1. The van der Waals surface area contributed by atoms with Crippen molar-refractivity contribution in [3.8, 4) is 11.5 Å². The Bertz CT molecular complexity index is 982. The van der Waals surface area contributed by atoms with Gasteiger partial charge in [0.25, 0.3) is 0 Å². The van der Waals surface area contributed by atoms with Crippen LogP contribution in [0.4, 0.5) is 31.1 Å². The summed E-state index contributed by atoms with van der Waals surface area (Å²) < 4.78 is 83.0. The molecule has 1 heterocycles. The van der Waals surface area contributed by atoms with Gasteiger partial charge >= 0.3 is 18.6 Å². The van der Waals surface area contributed by atoms with E-state index in [1.807, 2.05) is 5.32 Å². The molecule has 2 aromatic rings. The highest BCUT2D eigenvalue weighted by Crippen LogP contribution is 2.27. The maximum atomic E-state index is 12.7. The van der Waals surface area contributed by atoms with E-state index in [0.717, 1.165) is 12.3 Å². The summed E-state index contributed by atoms with van der Waals surface area (Å²) in [6.07, 6.45) is -10.6. The van der Waals surface area contributed by atoms with Crippen LogP contribution < -0.4 is 20.1 Å². The average molecular weight is 495 g/mol. The van der Waals surface area contributed by atoms with Gasteiger partial charge in [-0.25, -0.2) is 4.79 Å². The summed E-state index contributed by atoms with van der Waals surface area (Å²) in [7, 11) is 0. The monoisotopic (exact) mass is 495 g/mol. The van der Waals surface area contributed by atoms with Crippen LogP contribution in [0.2, 0.25) is 0 Å². The summed E-state index contributed by atoms with van der Waals surface area (Å²) in [5.74, 6) is -1.63. The molecule has 0 saturated heterocycles. The number of nitrogens with zero attached hydrogens (tertiary/aromatic N) is 1. The van der Waals surface area contributed by atoms with Crippen LogP contribution in [-0.4, -0.2) is 47.3 Å². The summed E-state index contributed by atoms with van der Waals surface area (Å²) in [6, 6.07) is 5.11. The first-order valence-corrected chi connectivity index (χ1v) is 9.52. The van der Waals surface area contributed by atoms with Crippen LogP contribution in [-0.2, 0) is 11.2 Å². The quantitative estimate of drug-likeness (QED) is 0.454. The van der Waals surface area contributed by atoms with Crippen LogP contribution in [0, 0.1) is 0 Å². The summed E-state index contributed by atoms with van der Waals surface area (Å²) >= 11 is 0. The summed E-state index contributed by atoms with van der Waals surface area (Å²) in [4.78, 5) is 27.7. The topological polar surface area (TPSA) is 110 Å². The van der Waals surface area contributed by atoms with Gasteiger partial charge in [0.1, 0.15) is 17.5 Å². The molecule has 1 unspecified atom stereocenters. The number of carboxylic acid groups (broad SMARTS) is 1. The molecule has 0 spiro atoms. The number of aromatic nitrogens is 1. The number of amides is 2. The molecule has 8 nitrogen and oxygen atoms in total. The molecule has 0 aliphatic rings. The van der Waals surface area contributed by atoms with Crippen LogP contribution in [0.25, 0.3) is 0 Å². The van der Waals surface area contributed by atoms with E-state index in [0.29, 0.717) is 0 Å². The van der Waals surface area contributed by atoms with Crippen molar-refractivity contribution in [2.45, 2.75) is 38.0 Å². The van der Waals surface area contributed by atoms with Crippen LogP contribution in [0.1, 0.15) is 24.2 Å². The minimum Gasteiger partial charge on any atom is -0.483 e. The van der Waals surface area contributed by atoms with E-state index in [2.05, 4.69) is 19.8 Å². The Morgan fingerprint density at radius 2 is 1.74 bits per heavy atom. The molecule has 0 saturated carbocycles. The molecule has 0 aliphatic heterocycles. The first-order valence-electron chi connectivity index (χ1n) is 9.52. The summed E-state index contributed by atoms with van der Waals surface area (Å²) in [6.45, 7) is -0.0442. The number of ether oxygens (including phenoxy) is 2. The van der Waals surface area contributed by atoms with Crippen molar-refractivity contribution in [2.75, 3.05) is 6.61 Å². The van der Waals surface area contributed by atoms with E-state index in [-0.39, 0.29) is 17.0 Å². The predicted octanol–water partition coefficient (Wildman–Crippen LogP) is 3.98. The molecule has 14 heteroatoms. The van der Waals surface area contributed by atoms with Gasteiger partial charge in [0.05, 0.1) is 17.9 Å². The molecule has 0 radical (unpaired) electrons. The highest BCUT2D eigenvalue weighted by atomic mass is 19.4. The highest BCUT2D eigenvalue weighted by molar-refractivity contribution is 5.85. The second kappa shape index (κ2) is 10.9. The van der Waals surface area contributed by atoms with Gasteiger partial charge in [-0.3, -0.25) is 9.78 Å². The van der Waals surface area contributed by atoms with Crippen LogP contribution >= 0.6 is 0 Å². The van der Waals surface area contributed by atoms with E-state index < -0.39 is 55.4 Å². The molecule has 1 aromatic heterocycles. The molecule has 0 bridgehead atoms. The number of pyridine rings is 1. The normalized spacial score (nSPS) is 13.5. The van der Waals surface area contributed by atoms with Crippen molar-refractivity contribution in [2.24, 2.45) is 0 Å². The van der Waals surface area contributed by atoms with Crippen LogP contribution in [0.3, 0.4) is 0 Å². The minimum absolute atomic E-state index is 0.0781. The zero-order chi connectivity index (χ0) is 25.5. The van der Waals surface area contributed by atoms with Crippen molar-refractivity contribution < 1.29 is 50.5 Å². The molecule has 0 fully saturated rings. The Hall–Kier alpha value is -3.71. The molecule has 2 amide bonds. The molecule has 2 rings (SSSR count). The third-order valence-corrected chi connectivity index (χ3v) is 4.20. The molecular formula is C20H19F6N3O5. The molecule has 1 aromatic carbocycles. The largest absolute Gasteiger partial charge is 0.573 e. The lowest BCUT2D eigenvalue weighted by atomic mass is 10.0. The Balaban J connectivity index is 2.10. The predicted molar refractivity (Wildman–Crippen MR) is 104 cm³/mol. The van der Waals surface area contributed by atoms with E-state index >= 15 is 0 Å². The number of alkyl halides is 6. The van der Waals surface area contributed by atoms with Crippen molar-refractivity contribution in [1.82, 2.24) is 15.6 Å². The lowest BCUT2D eigenvalue weighted by Crippen LogP contribution is -2.48. The zero-order valence-corrected chi connectivity index (χ0v) is 17.4. The Morgan fingerprint density at radius 1 is 1.06 bits per heavy atom. The number of carbonyl (C=O) groups excluding carboxylic acids is 1. The SMILES string of the molecule is C[C@@H](NC(=O)C(Cc1ccccc1OC(F)(F)F)NC(=O)O)c1ccc(OCC(F)(F)F)cn1. The van der Waals surface area contributed by atoms with Gasteiger partial charge in [-0.05, 0) is 30.7 Å². The summed E-state index contributed by atoms with van der Waals surface area (Å²) in [5, 5.41) is 13.4. The second-order valence-electron chi connectivity index (χ2n) is 6.91. The highest BCUT2D eigenvalue weighted by Gasteiger charge is 2.33. The average Bonchev–Trinajstić information content (AvgIpc) is 2.71. The van der Waals surface area contributed by atoms with Gasteiger partial charge < -0.3 is 25.2 Å². The lowest BCUT2D eigenvalue weighted by molar-refractivity contribution is -0.274. The maximum Gasteiger partial charge on any atom is 0.573 e.